The number of aromatic nitrogens is 1. The summed E-state index contributed by atoms with van der Waals surface area (Å²) in [6, 6.07) is 12.3. The average molecular weight is 443 g/mol. The third-order valence-electron chi connectivity index (χ3n) is 6.39. The van der Waals surface area contributed by atoms with Crippen molar-refractivity contribution in [2.75, 3.05) is 38.1 Å². The van der Waals surface area contributed by atoms with E-state index in [1.54, 1.807) is 36.3 Å². The molecule has 1 saturated heterocycles. The van der Waals surface area contributed by atoms with E-state index in [9.17, 15) is 13.2 Å². The molecule has 7 nitrogen and oxygen atoms in total. The SMILES string of the molecule is CN(C1CCCCC1)S(=O)(=O)c1cccc(C(=O)N2CCN(c3ccccn3)CC2)c1. The molecular weight excluding hydrogens is 412 g/mol. The van der Waals surface area contributed by atoms with E-state index in [1.165, 1.54) is 16.8 Å². The van der Waals surface area contributed by atoms with Crippen molar-refractivity contribution in [3.8, 4) is 0 Å². The number of nitrogens with zero attached hydrogens (tertiary/aromatic N) is 4. The third kappa shape index (κ3) is 4.75. The zero-order chi connectivity index (χ0) is 21.8. The number of piperazine rings is 1. The first kappa shape index (κ1) is 21.8. The van der Waals surface area contributed by atoms with E-state index in [1.807, 2.05) is 18.2 Å². The van der Waals surface area contributed by atoms with Crippen LogP contribution in [0.15, 0.2) is 53.6 Å². The maximum atomic E-state index is 13.2. The number of anilines is 1. The lowest BCUT2D eigenvalue weighted by Crippen LogP contribution is -2.49. The Hall–Kier alpha value is -2.45. The standard InChI is InChI=1S/C23H30N4O3S/c1-25(20-9-3-2-4-10-20)31(29,30)21-11-7-8-19(18-21)23(28)27-16-14-26(15-17-27)22-12-5-6-13-24-22/h5-8,11-13,18,20H,2-4,9-10,14-17H2,1H3. The second kappa shape index (κ2) is 9.36. The normalized spacial score (nSPS) is 18.4. The number of pyridine rings is 1. The van der Waals surface area contributed by atoms with Gasteiger partial charge in [0.1, 0.15) is 5.82 Å². The molecule has 8 heteroatoms. The molecule has 166 valence electrons. The molecule has 2 fully saturated rings. The number of sulfonamides is 1. The minimum absolute atomic E-state index is 0.0396. The van der Waals surface area contributed by atoms with Crippen molar-refractivity contribution in [2.24, 2.45) is 0 Å². The zero-order valence-corrected chi connectivity index (χ0v) is 18.8. The molecule has 1 aliphatic carbocycles. The Labute approximate surface area is 184 Å². The Bertz CT molecular complexity index is 998. The lowest BCUT2D eigenvalue weighted by Gasteiger charge is -2.35. The van der Waals surface area contributed by atoms with Crippen LogP contribution in [0.2, 0.25) is 0 Å². The van der Waals surface area contributed by atoms with Crippen LogP contribution in [0, 0.1) is 0 Å². The van der Waals surface area contributed by atoms with Gasteiger partial charge >= 0.3 is 0 Å². The summed E-state index contributed by atoms with van der Waals surface area (Å²) < 4.78 is 27.8. The van der Waals surface area contributed by atoms with E-state index in [-0.39, 0.29) is 16.8 Å². The maximum Gasteiger partial charge on any atom is 0.254 e. The highest BCUT2D eigenvalue weighted by atomic mass is 32.2. The molecule has 0 bridgehead atoms. The Kier molecular flexibility index (Phi) is 6.57. The van der Waals surface area contributed by atoms with Gasteiger partial charge in [0.15, 0.2) is 0 Å². The Morgan fingerprint density at radius 1 is 1.00 bits per heavy atom. The summed E-state index contributed by atoms with van der Waals surface area (Å²) in [5.74, 6) is 0.784. The minimum atomic E-state index is -3.62. The molecular formula is C23H30N4O3S. The van der Waals surface area contributed by atoms with Crippen molar-refractivity contribution in [3.63, 3.8) is 0 Å². The third-order valence-corrected chi connectivity index (χ3v) is 8.29. The fourth-order valence-corrected chi connectivity index (χ4v) is 5.92. The van der Waals surface area contributed by atoms with Crippen molar-refractivity contribution in [1.82, 2.24) is 14.2 Å². The van der Waals surface area contributed by atoms with Gasteiger partial charge < -0.3 is 9.80 Å². The van der Waals surface area contributed by atoms with Crippen molar-refractivity contribution < 1.29 is 13.2 Å². The number of carbonyl (C=O) groups excluding carboxylic acids is 1. The molecule has 0 atom stereocenters. The first-order valence-electron chi connectivity index (χ1n) is 11.0. The molecule has 0 radical (unpaired) electrons. The molecule has 2 heterocycles. The van der Waals surface area contributed by atoms with E-state index >= 15 is 0 Å². The highest BCUT2D eigenvalue weighted by molar-refractivity contribution is 7.89. The van der Waals surface area contributed by atoms with Gasteiger partial charge in [0.05, 0.1) is 4.90 Å². The first-order chi connectivity index (χ1) is 15.0. The number of rotatable bonds is 5. The lowest BCUT2D eigenvalue weighted by molar-refractivity contribution is 0.0746. The van der Waals surface area contributed by atoms with Gasteiger partial charge in [0.25, 0.3) is 5.91 Å². The molecule has 1 amide bonds. The molecule has 2 aromatic rings. The Balaban J connectivity index is 1.45. The van der Waals surface area contributed by atoms with E-state index in [0.29, 0.717) is 31.7 Å². The largest absolute Gasteiger partial charge is 0.353 e. The molecule has 0 N–H and O–H groups in total. The van der Waals surface area contributed by atoms with Crippen LogP contribution >= 0.6 is 0 Å². The maximum absolute atomic E-state index is 13.2. The molecule has 1 saturated carbocycles. The second-order valence-electron chi connectivity index (χ2n) is 8.31. The van der Waals surface area contributed by atoms with Crippen LogP contribution in [0.5, 0.6) is 0 Å². The summed E-state index contributed by atoms with van der Waals surface area (Å²) in [6.45, 7) is 2.55. The first-order valence-corrected chi connectivity index (χ1v) is 12.4. The number of hydrogen-bond donors (Lipinski definition) is 0. The summed E-state index contributed by atoms with van der Waals surface area (Å²) in [6.07, 6.45) is 6.86. The fraction of sp³-hybridized carbons (Fsp3) is 0.478. The van der Waals surface area contributed by atoms with Gasteiger partial charge in [-0.25, -0.2) is 13.4 Å². The van der Waals surface area contributed by atoms with Crippen LogP contribution in [0.1, 0.15) is 42.5 Å². The predicted octanol–water partition coefficient (Wildman–Crippen LogP) is 3.00. The average Bonchev–Trinajstić information content (AvgIpc) is 2.84. The molecule has 1 aromatic carbocycles. The van der Waals surface area contributed by atoms with Gasteiger partial charge in [-0.1, -0.05) is 31.4 Å². The summed E-state index contributed by atoms with van der Waals surface area (Å²) >= 11 is 0. The van der Waals surface area contributed by atoms with E-state index < -0.39 is 10.0 Å². The van der Waals surface area contributed by atoms with E-state index in [0.717, 1.165) is 31.5 Å². The molecule has 0 spiro atoms. The molecule has 0 unspecified atom stereocenters. The molecule has 1 aliphatic heterocycles. The Morgan fingerprint density at radius 2 is 1.74 bits per heavy atom. The van der Waals surface area contributed by atoms with Crippen molar-refractivity contribution >= 4 is 21.7 Å². The lowest BCUT2D eigenvalue weighted by atomic mass is 9.96. The van der Waals surface area contributed by atoms with Crippen LogP contribution in [0.4, 0.5) is 5.82 Å². The fourth-order valence-electron chi connectivity index (χ4n) is 4.46. The van der Waals surface area contributed by atoms with Crippen LogP contribution in [-0.2, 0) is 10.0 Å². The Morgan fingerprint density at radius 3 is 2.42 bits per heavy atom. The number of hydrogen-bond acceptors (Lipinski definition) is 5. The van der Waals surface area contributed by atoms with Crippen molar-refractivity contribution in [3.05, 3.63) is 54.2 Å². The van der Waals surface area contributed by atoms with Crippen LogP contribution in [-0.4, -0.2) is 67.8 Å². The number of amides is 1. The topological polar surface area (TPSA) is 73.8 Å². The minimum Gasteiger partial charge on any atom is -0.353 e. The van der Waals surface area contributed by atoms with Gasteiger partial charge in [-0.15, -0.1) is 0 Å². The van der Waals surface area contributed by atoms with Crippen molar-refractivity contribution in [1.29, 1.82) is 0 Å². The van der Waals surface area contributed by atoms with E-state index in [2.05, 4.69) is 9.88 Å². The summed E-state index contributed by atoms with van der Waals surface area (Å²) in [4.78, 5) is 21.6. The van der Waals surface area contributed by atoms with Gasteiger partial charge in [0, 0.05) is 51.0 Å². The van der Waals surface area contributed by atoms with Crippen molar-refractivity contribution in [2.45, 2.75) is 43.0 Å². The monoisotopic (exact) mass is 442 g/mol. The van der Waals surface area contributed by atoms with Gasteiger partial charge in [-0.05, 0) is 43.2 Å². The second-order valence-corrected chi connectivity index (χ2v) is 10.3. The number of carbonyl (C=O) groups is 1. The van der Waals surface area contributed by atoms with E-state index in [4.69, 9.17) is 0 Å². The van der Waals surface area contributed by atoms with Crippen LogP contribution in [0.3, 0.4) is 0 Å². The van der Waals surface area contributed by atoms with Crippen LogP contribution in [0.25, 0.3) is 0 Å². The summed E-state index contributed by atoms with van der Waals surface area (Å²) in [5.41, 5.74) is 0.421. The summed E-state index contributed by atoms with van der Waals surface area (Å²) in [5, 5.41) is 0. The highest BCUT2D eigenvalue weighted by Gasteiger charge is 2.30. The molecule has 31 heavy (non-hydrogen) atoms. The summed E-state index contributed by atoms with van der Waals surface area (Å²) in [7, 11) is -1.96. The zero-order valence-electron chi connectivity index (χ0n) is 18.0. The molecule has 4 rings (SSSR count). The molecule has 2 aliphatic rings. The predicted molar refractivity (Wildman–Crippen MR) is 121 cm³/mol. The van der Waals surface area contributed by atoms with Gasteiger partial charge in [-0.2, -0.15) is 4.31 Å². The highest BCUT2D eigenvalue weighted by Crippen LogP contribution is 2.27. The quantitative estimate of drug-likeness (QED) is 0.712. The van der Waals surface area contributed by atoms with Gasteiger partial charge in [-0.3, -0.25) is 4.79 Å². The van der Waals surface area contributed by atoms with Crippen LogP contribution < -0.4 is 4.90 Å². The molecule has 1 aromatic heterocycles. The number of benzene rings is 1. The van der Waals surface area contributed by atoms with Gasteiger partial charge in [0.2, 0.25) is 10.0 Å². The smallest absolute Gasteiger partial charge is 0.254 e.